The van der Waals surface area contributed by atoms with Gasteiger partial charge in [-0.25, -0.2) is 5.01 Å². The average molecular weight is 388 g/mol. The Labute approximate surface area is 161 Å². The highest BCUT2D eigenvalue weighted by Crippen LogP contribution is 2.29. The SMILES string of the molecule is COc1ccc(OC)c(NC(=O)C2=CCC(=O)N(c3ccc(Cl)cc3)N2)c1. The number of hydrogen-bond acceptors (Lipinski definition) is 5. The van der Waals surface area contributed by atoms with Crippen LogP contribution in [0.1, 0.15) is 6.42 Å². The molecule has 7 nitrogen and oxygen atoms in total. The van der Waals surface area contributed by atoms with E-state index in [1.54, 1.807) is 42.5 Å². The Morgan fingerprint density at radius 3 is 2.56 bits per heavy atom. The van der Waals surface area contributed by atoms with Crippen LogP contribution in [0, 0.1) is 0 Å². The smallest absolute Gasteiger partial charge is 0.273 e. The summed E-state index contributed by atoms with van der Waals surface area (Å²) in [6.45, 7) is 0. The van der Waals surface area contributed by atoms with Crippen LogP contribution in [0.4, 0.5) is 11.4 Å². The largest absolute Gasteiger partial charge is 0.497 e. The third-order valence-electron chi connectivity index (χ3n) is 3.95. The molecule has 0 saturated heterocycles. The van der Waals surface area contributed by atoms with E-state index in [2.05, 4.69) is 10.7 Å². The predicted molar refractivity (Wildman–Crippen MR) is 103 cm³/mol. The third kappa shape index (κ3) is 4.15. The van der Waals surface area contributed by atoms with Crippen LogP contribution in [-0.2, 0) is 9.59 Å². The van der Waals surface area contributed by atoms with Crippen LogP contribution in [0.5, 0.6) is 11.5 Å². The lowest BCUT2D eigenvalue weighted by Crippen LogP contribution is -2.47. The van der Waals surface area contributed by atoms with Gasteiger partial charge in [-0.2, -0.15) is 0 Å². The van der Waals surface area contributed by atoms with Gasteiger partial charge in [-0.05, 0) is 42.5 Å². The highest BCUT2D eigenvalue weighted by Gasteiger charge is 2.24. The van der Waals surface area contributed by atoms with Gasteiger partial charge in [0.05, 0.1) is 25.6 Å². The number of amides is 2. The first kappa shape index (κ1) is 18.6. The first-order valence-corrected chi connectivity index (χ1v) is 8.48. The predicted octanol–water partition coefficient (Wildman–Crippen LogP) is 3.12. The maximum atomic E-state index is 12.7. The standard InChI is InChI=1S/C19H18ClN3O4/c1-26-14-7-9-17(27-2)16(11-14)21-19(25)15-8-10-18(24)23(22-15)13-5-3-12(20)4-6-13/h3-9,11,22H,10H2,1-2H3,(H,21,25). The molecule has 2 amide bonds. The fourth-order valence-electron chi connectivity index (χ4n) is 2.55. The van der Waals surface area contributed by atoms with Crippen LogP contribution in [-0.4, -0.2) is 26.0 Å². The van der Waals surface area contributed by atoms with Gasteiger partial charge in [-0.3, -0.25) is 15.0 Å². The van der Waals surface area contributed by atoms with Crippen molar-refractivity contribution in [2.45, 2.75) is 6.42 Å². The Balaban J connectivity index is 1.79. The van der Waals surface area contributed by atoms with Gasteiger partial charge in [-0.1, -0.05) is 11.6 Å². The molecule has 0 aliphatic carbocycles. The van der Waals surface area contributed by atoms with E-state index in [0.717, 1.165) is 0 Å². The molecule has 0 aromatic heterocycles. The minimum absolute atomic E-state index is 0.0909. The van der Waals surface area contributed by atoms with Crippen molar-refractivity contribution in [2.24, 2.45) is 0 Å². The molecule has 2 aromatic carbocycles. The number of methoxy groups -OCH3 is 2. The summed E-state index contributed by atoms with van der Waals surface area (Å²) >= 11 is 5.89. The van der Waals surface area contributed by atoms with E-state index in [4.69, 9.17) is 21.1 Å². The highest BCUT2D eigenvalue weighted by atomic mass is 35.5. The lowest BCUT2D eigenvalue weighted by molar-refractivity contribution is -0.119. The van der Waals surface area contributed by atoms with Gasteiger partial charge in [0, 0.05) is 17.5 Å². The number of carbonyl (C=O) groups excluding carboxylic acids is 2. The molecule has 1 aliphatic rings. The van der Waals surface area contributed by atoms with E-state index in [0.29, 0.717) is 27.9 Å². The van der Waals surface area contributed by atoms with E-state index in [1.807, 2.05) is 0 Å². The molecule has 0 unspecified atom stereocenters. The van der Waals surface area contributed by atoms with Crippen molar-refractivity contribution in [2.75, 3.05) is 24.5 Å². The van der Waals surface area contributed by atoms with Gasteiger partial charge in [0.25, 0.3) is 5.91 Å². The Bertz CT molecular complexity index is 896. The third-order valence-corrected chi connectivity index (χ3v) is 4.20. The molecule has 0 radical (unpaired) electrons. The Kier molecular flexibility index (Phi) is 5.52. The topological polar surface area (TPSA) is 79.9 Å². The number of rotatable bonds is 5. The van der Waals surface area contributed by atoms with Crippen LogP contribution in [0.2, 0.25) is 5.02 Å². The molecular weight excluding hydrogens is 370 g/mol. The summed E-state index contributed by atoms with van der Waals surface area (Å²) in [4.78, 5) is 24.9. The summed E-state index contributed by atoms with van der Waals surface area (Å²) in [5.41, 5.74) is 4.13. The average Bonchev–Trinajstić information content (AvgIpc) is 2.69. The number of carbonyl (C=O) groups is 2. The van der Waals surface area contributed by atoms with Crippen molar-refractivity contribution in [3.63, 3.8) is 0 Å². The summed E-state index contributed by atoms with van der Waals surface area (Å²) in [6.07, 6.45) is 1.63. The van der Waals surface area contributed by atoms with Gasteiger partial charge in [0.1, 0.15) is 17.2 Å². The Morgan fingerprint density at radius 2 is 1.89 bits per heavy atom. The van der Waals surface area contributed by atoms with Gasteiger partial charge in [0.2, 0.25) is 5.91 Å². The number of hydrogen-bond donors (Lipinski definition) is 2. The summed E-state index contributed by atoms with van der Waals surface area (Å²) < 4.78 is 10.4. The molecule has 0 saturated carbocycles. The van der Waals surface area contributed by atoms with Crippen molar-refractivity contribution in [1.29, 1.82) is 0 Å². The zero-order valence-corrected chi connectivity index (χ0v) is 15.5. The molecule has 1 aliphatic heterocycles. The van der Waals surface area contributed by atoms with Crippen LogP contribution in [0.3, 0.4) is 0 Å². The molecule has 8 heteroatoms. The van der Waals surface area contributed by atoms with Crippen molar-refractivity contribution in [1.82, 2.24) is 5.43 Å². The molecule has 0 fully saturated rings. The van der Waals surface area contributed by atoms with E-state index in [-0.39, 0.29) is 18.0 Å². The lowest BCUT2D eigenvalue weighted by atomic mass is 10.2. The minimum atomic E-state index is -0.409. The van der Waals surface area contributed by atoms with E-state index in [1.165, 1.54) is 25.3 Å². The molecular formula is C19H18ClN3O4. The van der Waals surface area contributed by atoms with Gasteiger partial charge < -0.3 is 14.8 Å². The van der Waals surface area contributed by atoms with Gasteiger partial charge in [0.15, 0.2) is 0 Å². The van der Waals surface area contributed by atoms with Gasteiger partial charge in [-0.15, -0.1) is 0 Å². The molecule has 0 atom stereocenters. The fraction of sp³-hybridized carbons (Fsp3) is 0.158. The zero-order valence-electron chi connectivity index (χ0n) is 14.8. The summed E-state index contributed by atoms with van der Waals surface area (Å²) in [6, 6.07) is 11.8. The number of benzene rings is 2. The van der Waals surface area contributed by atoms with E-state index >= 15 is 0 Å². The second-order valence-corrected chi connectivity index (χ2v) is 6.10. The molecule has 0 spiro atoms. The van der Waals surface area contributed by atoms with Crippen LogP contribution in [0.25, 0.3) is 0 Å². The normalized spacial score (nSPS) is 13.5. The first-order valence-electron chi connectivity index (χ1n) is 8.10. The van der Waals surface area contributed by atoms with Crippen molar-refractivity contribution in [3.05, 3.63) is 59.3 Å². The lowest BCUT2D eigenvalue weighted by Gasteiger charge is -2.28. The summed E-state index contributed by atoms with van der Waals surface area (Å²) in [5.74, 6) is 0.474. The van der Waals surface area contributed by atoms with Gasteiger partial charge >= 0.3 is 0 Å². The maximum Gasteiger partial charge on any atom is 0.273 e. The monoisotopic (exact) mass is 387 g/mol. The van der Waals surface area contributed by atoms with Crippen molar-refractivity contribution in [3.8, 4) is 11.5 Å². The van der Waals surface area contributed by atoms with Crippen molar-refractivity contribution < 1.29 is 19.1 Å². The summed E-state index contributed by atoms with van der Waals surface area (Å²) in [5, 5.41) is 4.64. The van der Waals surface area contributed by atoms with Crippen LogP contribution < -0.4 is 25.2 Å². The number of halogens is 1. The maximum absolute atomic E-state index is 12.7. The molecule has 27 heavy (non-hydrogen) atoms. The molecule has 0 bridgehead atoms. The minimum Gasteiger partial charge on any atom is -0.497 e. The number of ether oxygens (including phenoxy) is 2. The molecule has 140 valence electrons. The molecule has 2 aromatic rings. The molecule has 1 heterocycles. The second-order valence-electron chi connectivity index (χ2n) is 5.66. The first-order chi connectivity index (χ1) is 13.0. The Morgan fingerprint density at radius 1 is 1.15 bits per heavy atom. The van der Waals surface area contributed by atoms with Crippen LogP contribution in [0.15, 0.2) is 54.2 Å². The molecule has 2 N–H and O–H groups in total. The number of hydrazine groups is 1. The number of nitrogens with one attached hydrogen (secondary N) is 2. The molecule has 3 rings (SSSR count). The van der Waals surface area contributed by atoms with E-state index in [9.17, 15) is 9.59 Å². The number of nitrogens with zero attached hydrogens (tertiary/aromatic N) is 1. The number of anilines is 2. The summed E-state index contributed by atoms with van der Waals surface area (Å²) in [7, 11) is 3.05. The fourth-order valence-corrected chi connectivity index (χ4v) is 2.68. The van der Waals surface area contributed by atoms with E-state index < -0.39 is 5.91 Å². The second kappa shape index (κ2) is 8.01. The zero-order chi connectivity index (χ0) is 19.4. The highest BCUT2D eigenvalue weighted by molar-refractivity contribution is 6.30. The Hall–Kier alpha value is -3.19. The van der Waals surface area contributed by atoms with Crippen molar-refractivity contribution >= 4 is 34.8 Å². The quantitative estimate of drug-likeness (QED) is 0.824. The van der Waals surface area contributed by atoms with Crippen LogP contribution >= 0.6 is 11.6 Å².